The van der Waals surface area contributed by atoms with Crippen molar-refractivity contribution in [2.24, 2.45) is 0 Å². The molecule has 4 aromatic rings. The van der Waals surface area contributed by atoms with E-state index < -0.39 is 11.8 Å². The fourth-order valence-electron chi connectivity index (χ4n) is 5.21. The molecule has 4 rings (SSSR count). The highest BCUT2D eigenvalue weighted by atomic mass is 16.7. The zero-order valence-corrected chi connectivity index (χ0v) is 27.6. The highest BCUT2D eigenvalue weighted by molar-refractivity contribution is 5.91. The molecule has 0 aliphatic carbocycles. The third kappa shape index (κ3) is 9.10. The Labute approximate surface area is 267 Å². The summed E-state index contributed by atoms with van der Waals surface area (Å²) in [7, 11) is 0. The van der Waals surface area contributed by atoms with E-state index in [0.29, 0.717) is 25.4 Å². The summed E-state index contributed by atoms with van der Waals surface area (Å²) in [6, 6.07) is 21.8. The molecule has 1 heterocycles. The number of aryl methyl sites for hydroxylation is 1. The number of para-hydroxylation sites is 1. The fraction of sp³-hybridized carbons (Fsp3) is 0.432. The second-order valence-corrected chi connectivity index (χ2v) is 12.2. The average molecular weight is 614 g/mol. The van der Waals surface area contributed by atoms with E-state index in [2.05, 4.69) is 36.6 Å². The summed E-state index contributed by atoms with van der Waals surface area (Å²) in [5.74, 6) is 1.47. The monoisotopic (exact) mass is 613 g/mol. The molecule has 45 heavy (non-hydrogen) atoms. The third-order valence-electron chi connectivity index (χ3n) is 7.43. The molecule has 0 saturated carbocycles. The third-order valence-corrected chi connectivity index (χ3v) is 7.43. The summed E-state index contributed by atoms with van der Waals surface area (Å²) in [5.41, 5.74) is 4.91. The fourth-order valence-corrected chi connectivity index (χ4v) is 5.21. The van der Waals surface area contributed by atoms with E-state index in [0.717, 1.165) is 77.8 Å². The van der Waals surface area contributed by atoms with Crippen molar-refractivity contribution in [2.45, 2.75) is 92.2 Å². The summed E-state index contributed by atoms with van der Waals surface area (Å²) in [4.78, 5) is 32.1. The summed E-state index contributed by atoms with van der Waals surface area (Å²) < 4.78 is 18.6. The van der Waals surface area contributed by atoms with Crippen molar-refractivity contribution in [1.82, 2.24) is 9.55 Å². The van der Waals surface area contributed by atoms with Gasteiger partial charge in [0, 0.05) is 30.8 Å². The van der Waals surface area contributed by atoms with Gasteiger partial charge in [-0.15, -0.1) is 0 Å². The average Bonchev–Trinajstić information content (AvgIpc) is 3.34. The molecule has 8 nitrogen and oxygen atoms in total. The molecule has 0 aliphatic rings. The van der Waals surface area contributed by atoms with E-state index in [9.17, 15) is 9.59 Å². The first-order chi connectivity index (χ1) is 21.6. The lowest BCUT2D eigenvalue weighted by atomic mass is 10.0. The lowest BCUT2D eigenvalue weighted by Crippen LogP contribution is -2.32. The predicted molar refractivity (Wildman–Crippen MR) is 180 cm³/mol. The van der Waals surface area contributed by atoms with Crippen molar-refractivity contribution in [3.05, 3.63) is 78.1 Å². The van der Waals surface area contributed by atoms with E-state index in [4.69, 9.17) is 19.2 Å². The van der Waals surface area contributed by atoms with Crippen molar-refractivity contribution in [3.63, 3.8) is 0 Å². The number of hydrogen-bond acceptors (Lipinski definition) is 6. The number of carbonyl (C=O) groups excluding carboxylic acids is 2. The van der Waals surface area contributed by atoms with E-state index >= 15 is 0 Å². The Morgan fingerprint density at radius 3 is 2.31 bits per heavy atom. The SMILES string of the molecule is CCCCCN(C(=O)OCC)c1ccc2nc(CCCC)n(Cc3ccc(-c4ccccc4OC(=O)OC(C)(C)C)cc3)c2c1. The molecule has 0 atom stereocenters. The first-order valence-corrected chi connectivity index (χ1v) is 16.2. The molecule has 1 amide bonds. The summed E-state index contributed by atoms with van der Waals surface area (Å²) in [6.45, 7) is 13.2. The molecule has 8 heteroatoms. The smallest absolute Gasteiger partial charge is 0.449 e. The second-order valence-electron chi connectivity index (χ2n) is 12.2. The number of ether oxygens (including phenoxy) is 3. The topological polar surface area (TPSA) is 82.9 Å². The Morgan fingerprint density at radius 2 is 1.62 bits per heavy atom. The minimum absolute atomic E-state index is 0.322. The molecular weight excluding hydrogens is 566 g/mol. The Bertz CT molecular complexity index is 1570. The molecule has 0 saturated heterocycles. The summed E-state index contributed by atoms with van der Waals surface area (Å²) in [5, 5.41) is 0. The van der Waals surface area contributed by atoms with Gasteiger partial charge in [0.25, 0.3) is 0 Å². The standard InChI is InChI=1S/C37H47N3O5/c1-7-10-14-24-39(35(41)43-9-3)29-22-23-31-32(25-29)40(34(38-31)17-11-8-2)26-27-18-20-28(21-19-27)30-15-12-13-16-33(30)44-36(42)45-37(4,5)6/h12-13,15-16,18-23,25H,7-11,14,17,24,26H2,1-6H3. The van der Waals surface area contributed by atoms with Crippen LogP contribution in [0.25, 0.3) is 22.2 Å². The second kappa shape index (κ2) is 15.6. The number of nitrogens with zero attached hydrogens (tertiary/aromatic N) is 3. The van der Waals surface area contributed by atoms with E-state index in [1.807, 2.05) is 49.4 Å². The normalized spacial score (nSPS) is 11.4. The van der Waals surface area contributed by atoms with Gasteiger partial charge >= 0.3 is 12.2 Å². The van der Waals surface area contributed by atoms with Gasteiger partial charge in [0.2, 0.25) is 0 Å². The lowest BCUT2D eigenvalue weighted by molar-refractivity contribution is 0.0207. The number of fused-ring (bicyclic) bond motifs is 1. The van der Waals surface area contributed by atoms with Crippen molar-refractivity contribution < 1.29 is 23.8 Å². The first kappa shape index (κ1) is 33.6. The largest absolute Gasteiger partial charge is 0.514 e. The minimum Gasteiger partial charge on any atom is -0.449 e. The van der Waals surface area contributed by atoms with Gasteiger partial charge in [-0.25, -0.2) is 14.6 Å². The van der Waals surface area contributed by atoms with Gasteiger partial charge in [-0.05, 0) is 75.9 Å². The Morgan fingerprint density at radius 1 is 0.889 bits per heavy atom. The van der Waals surface area contributed by atoms with Crippen molar-refractivity contribution in [1.29, 1.82) is 0 Å². The maximum absolute atomic E-state index is 12.9. The van der Waals surface area contributed by atoms with Gasteiger partial charge in [0.15, 0.2) is 0 Å². The molecule has 0 bridgehead atoms. The number of amides is 1. The Kier molecular flexibility index (Phi) is 11.6. The zero-order chi connectivity index (χ0) is 32.4. The molecule has 1 aromatic heterocycles. The number of aromatic nitrogens is 2. The lowest BCUT2D eigenvalue weighted by Gasteiger charge is -2.22. The molecule has 0 radical (unpaired) electrons. The quantitative estimate of drug-likeness (QED) is 0.0848. The van der Waals surface area contributed by atoms with Crippen LogP contribution in [0.2, 0.25) is 0 Å². The number of hydrogen-bond donors (Lipinski definition) is 0. The Hall–Kier alpha value is -4.33. The molecule has 0 aliphatic heterocycles. The van der Waals surface area contributed by atoms with Gasteiger partial charge in [0.05, 0.1) is 17.6 Å². The van der Waals surface area contributed by atoms with Crippen LogP contribution < -0.4 is 9.64 Å². The number of anilines is 1. The highest BCUT2D eigenvalue weighted by Gasteiger charge is 2.21. The van der Waals surface area contributed by atoms with Crippen LogP contribution in [0.3, 0.4) is 0 Å². The van der Waals surface area contributed by atoms with Gasteiger partial charge in [0.1, 0.15) is 17.2 Å². The molecule has 0 unspecified atom stereocenters. The van der Waals surface area contributed by atoms with Crippen LogP contribution in [0.1, 0.15) is 85.0 Å². The Balaban J connectivity index is 1.64. The van der Waals surface area contributed by atoms with Gasteiger partial charge < -0.3 is 18.8 Å². The molecule has 3 aromatic carbocycles. The number of benzene rings is 3. The molecule has 0 fully saturated rings. The highest BCUT2D eigenvalue weighted by Crippen LogP contribution is 2.32. The van der Waals surface area contributed by atoms with Crippen LogP contribution in [-0.2, 0) is 22.4 Å². The van der Waals surface area contributed by atoms with Gasteiger partial charge in [-0.2, -0.15) is 0 Å². The van der Waals surface area contributed by atoms with Gasteiger partial charge in [-0.1, -0.05) is 75.6 Å². The zero-order valence-electron chi connectivity index (χ0n) is 27.6. The molecule has 240 valence electrons. The number of rotatable bonds is 13. The number of carbonyl (C=O) groups is 2. The maximum Gasteiger partial charge on any atom is 0.514 e. The minimum atomic E-state index is -0.732. The predicted octanol–water partition coefficient (Wildman–Crippen LogP) is 9.56. The van der Waals surface area contributed by atoms with Crippen molar-refractivity contribution >= 4 is 29.0 Å². The first-order valence-electron chi connectivity index (χ1n) is 16.2. The van der Waals surface area contributed by atoms with E-state index in [-0.39, 0.29) is 6.09 Å². The number of imidazole rings is 1. The number of unbranched alkanes of at least 4 members (excludes halogenated alkanes) is 3. The maximum atomic E-state index is 12.9. The van der Waals surface area contributed by atoms with E-state index in [1.54, 1.807) is 31.7 Å². The van der Waals surface area contributed by atoms with Crippen LogP contribution >= 0.6 is 0 Å². The van der Waals surface area contributed by atoms with E-state index in [1.165, 1.54) is 0 Å². The summed E-state index contributed by atoms with van der Waals surface area (Å²) >= 11 is 0. The molecule has 0 N–H and O–H groups in total. The van der Waals surface area contributed by atoms with Crippen LogP contribution in [0, 0.1) is 0 Å². The molecule has 0 spiro atoms. The van der Waals surface area contributed by atoms with Crippen LogP contribution in [-0.4, -0.2) is 40.6 Å². The van der Waals surface area contributed by atoms with Crippen LogP contribution in [0.15, 0.2) is 66.7 Å². The van der Waals surface area contributed by atoms with Crippen LogP contribution in [0.4, 0.5) is 15.3 Å². The molecular formula is C37H47N3O5. The van der Waals surface area contributed by atoms with Crippen molar-refractivity contribution in [2.75, 3.05) is 18.1 Å². The summed E-state index contributed by atoms with van der Waals surface area (Å²) in [6.07, 6.45) is 4.95. The van der Waals surface area contributed by atoms with Gasteiger partial charge in [-0.3, -0.25) is 4.90 Å². The van der Waals surface area contributed by atoms with Crippen LogP contribution in [0.5, 0.6) is 5.75 Å². The van der Waals surface area contributed by atoms with Crippen molar-refractivity contribution in [3.8, 4) is 16.9 Å².